The van der Waals surface area contributed by atoms with Crippen LogP contribution in [0.25, 0.3) is 0 Å². The van der Waals surface area contributed by atoms with Crippen molar-refractivity contribution in [2.45, 2.75) is 6.42 Å². The molecule has 1 saturated heterocycles. The Labute approximate surface area is 134 Å². The number of carbonyl (C=O) groups is 1. The third-order valence-corrected chi connectivity index (χ3v) is 4.15. The number of primary amides is 1. The van der Waals surface area contributed by atoms with Crippen LogP contribution >= 0.6 is 0 Å². The molecule has 6 heteroatoms. The highest BCUT2D eigenvalue weighted by Crippen LogP contribution is 2.24. The molecular weight excluding hydrogens is 295 g/mol. The van der Waals surface area contributed by atoms with Crippen LogP contribution in [0, 0.1) is 11.7 Å². The maximum absolute atomic E-state index is 13.0. The third-order valence-electron chi connectivity index (χ3n) is 4.15. The molecule has 0 radical (unpaired) electrons. The quantitative estimate of drug-likeness (QED) is 0.888. The van der Waals surface area contributed by atoms with Crippen LogP contribution in [0.15, 0.2) is 42.7 Å². The molecule has 1 fully saturated rings. The molecule has 1 aromatic carbocycles. The maximum atomic E-state index is 13.0. The van der Waals surface area contributed by atoms with E-state index in [0.29, 0.717) is 17.2 Å². The Kier molecular flexibility index (Phi) is 4.41. The molecule has 3 N–H and O–H groups in total. The number of benzene rings is 1. The number of anilines is 2. The van der Waals surface area contributed by atoms with E-state index < -0.39 is 5.91 Å². The van der Waals surface area contributed by atoms with Crippen molar-refractivity contribution >= 4 is 17.3 Å². The van der Waals surface area contributed by atoms with E-state index in [4.69, 9.17) is 5.73 Å². The van der Waals surface area contributed by atoms with Crippen molar-refractivity contribution in [1.29, 1.82) is 0 Å². The van der Waals surface area contributed by atoms with E-state index in [1.807, 2.05) is 0 Å². The fourth-order valence-corrected chi connectivity index (χ4v) is 2.88. The van der Waals surface area contributed by atoms with Crippen molar-refractivity contribution < 1.29 is 9.18 Å². The normalized spacial score (nSPS) is 17.3. The molecule has 5 nitrogen and oxygen atoms in total. The molecule has 1 aliphatic rings. The number of amides is 1. The number of nitrogens with zero attached hydrogens (tertiary/aromatic N) is 2. The lowest BCUT2D eigenvalue weighted by Crippen LogP contribution is -2.23. The van der Waals surface area contributed by atoms with Crippen LogP contribution in [-0.4, -0.2) is 30.5 Å². The lowest BCUT2D eigenvalue weighted by molar-refractivity contribution is 0.100. The Morgan fingerprint density at radius 1 is 1.35 bits per heavy atom. The zero-order chi connectivity index (χ0) is 16.2. The highest BCUT2D eigenvalue weighted by atomic mass is 19.1. The number of halogens is 1. The minimum absolute atomic E-state index is 0.220. The number of rotatable bonds is 5. The van der Waals surface area contributed by atoms with Gasteiger partial charge >= 0.3 is 0 Å². The summed E-state index contributed by atoms with van der Waals surface area (Å²) in [5.41, 5.74) is 7.51. The van der Waals surface area contributed by atoms with Crippen LogP contribution in [0.3, 0.4) is 0 Å². The zero-order valence-corrected chi connectivity index (χ0v) is 12.7. The van der Waals surface area contributed by atoms with Gasteiger partial charge in [-0.05, 0) is 42.7 Å². The van der Waals surface area contributed by atoms with Gasteiger partial charge in [-0.3, -0.25) is 9.78 Å². The SMILES string of the molecule is NC(=O)c1cnccc1NCC1CCN(c2ccc(F)cc2)C1. The molecule has 1 amide bonds. The summed E-state index contributed by atoms with van der Waals surface area (Å²) in [5, 5.41) is 3.29. The smallest absolute Gasteiger partial charge is 0.252 e. The van der Waals surface area contributed by atoms with Crippen molar-refractivity contribution in [3.63, 3.8) is 0 Å². The van der Waals surface area contributed by atoms with Crippen LogP contribution in [0.1, 0.15) is 16.8 Å². The second-order valence-electron chi connectivity index (χ2n) is 5.74. The molecule has 1 aromatic heterocycles. The van der Waals surface area contributed by atoms with Gasteiger partial charge in [0.1, 0.15) is 5.82 Å². The Bertz CT molecular complexity index is 689. The summed E-state index contributed by atoms with van der Waals surface area (Å²) in [7, 11) is 0. The van der Waals surface area contributed by atoms with Gasteiger partial charge in [-0.1, -0.05) is 0 Å². The zero-order valence-electron chi connectivity index (χ0n) is 12.7. The van der Waals surface area contributed by atoms with Crippen molar-refractivity contribution in [2.75, 3.05) is 29.9 Å². The third kappa shape index (κ3) is 3.59. The number of pyridine rings is 1. The standard InChI is InChI=1S/C17H19FN4O/c18-13-1-3-14(4-2-13)22-8-6-12(11-22)9-21-16-5-7-20-10-15(16)17(19)23/h1-5,7,10,12H,6,8-9,11H2,(H2,19,23)(H,20,21). The Morgan fingerprint density at radius 3 is 2.87 bits per heavy atom. The van der Waals surface area contributed by atoms with Crippen LogP contribution < -0.4 is 16.0 Å². The van der Waals surface area contributed by atoms with Crippen LogP contribution in [0.5, 0.6) is 0 Å². The van der Waals surface area contributed by atoms with Gasteiger partial charge in [0.25, 0.3) is 5.91 Å². The monoisotopic (exact) mass is 314 g/mol. The summed E-state index contributed by atoms with van der Waals surface area (Å²) in [4.78, 5) is 17.6. The second-order valence-corrected chi connectivity index (χ2v) is 5.74. The van der Waals surface area contributed by atoms with Gasteiger partial charge in [-0.25, -0.2) is 4.39 Å². The maximum Gasteiger partial charge on any atom is 0.252 e. The van der Waals surface area contributed by atoms with E-state index in [1.54, 1.807) is 24.4 Å². The van der Waals surface area contributed by atoms with Crippen molar-refractivity contribution in [1.82, 2.24) is 4.98 Å². The second kappa shape index (κ2) is 6.64. The molecule has 1 atom stereocenters. The van der Waals surface area contributed by atoms with E-state index in [1.165, 1.54) is 18.3 Å². The first-order valence-corrected chi connectivity index (χ1v) is 7.61. The highest BCUT2D eigenvalue weighted by molar-refractivity contribution is 5.98. The molecular formula is C17H19FN4O. The highest BCUT2D eigenvalue weighted by Gasteiger charge is 2.23. The summed E-state index contributed by atoms with van der Waals surface area (Å²) in [6, 6.07) is 8.33. The fourth-order valence-electron chi connectivity index (χ4n) is 2.88. The van der Waals surface area contributed by atoms with Crippen LogP contribution in [0.2, 0.25) is 0 Å². The Morgan fingerprint density at radius 2 is 2.13 bits per heavy atom. The van der Waals surface area contributed by atoms with Gasteiger partial charge in [-0.15, -0.1) is 0 Å². The van der Waals surface area contributed by atoms with Gasteiger partial charge < -0.3 is 16.0 Å². The number of hydrogen-bond acceptors (Lipinski definition) is 4. The number of aromatic nitrogens is 1. The van der Waals surface area contributed by atoms with Gasteiger partial charge in [0.15, 0.2) is 0 Å². The summed E-state index contributed by atoms with van der Waals surface area (Å²) >= 11 is 0. The molecule has 0 aliphatic carbocycles. The fraction of sp³-hybridized carbons (Fsp3) is 0.294. The Hall–Kier alpha value is -2.63. The first-order chi connectivity index (χ1) is 11.1. The number of carbonyl (C=O) groups excluding carboxylic acids is 1. The molecule has 3 rings (SSSR count). The lowest BCUT2D eigenvalue weighted by Gasteiger charge is -2.19. The molecule has 0 saturated carbocycles. The van der Waals surface area contributed by atoms with Crippen molar-refractivity contribution in [3.05, 3.63) is 54.1 Å². The molecule has 1 unspecified atom stereocenters. The number of hydrogen-bond donors (Lipinski definition) is 2. The number of nitrogens with two attached hydrogens (primary N) is 1. The van der Waals surface area contributed by atoms with Crippen molar-refractivity contribution in [3.8, 4) is 0 Å². The van der Waals surface area contributed by atoms with E-state index in [2.05, 4.69) is 15.2 Å². The van der Waals surface area contributed by atoms with E-state index >= 15 is 0 Å². The van der Waals surface area contributed by atoms with Crippen LogP contribution in [-0.2, 0) is 0 Å². The Balaban J connectivity index is 1.58. The summed E-state index contributed by atoms with van der Waals surface area (Å²) in [6.07, 6.45) is 4.15. The minimum atomic E-state index is -0.486. The first kappa shape index (κ1) is 15.3. The predicted octanol–water partition coefficient (Wildman–Crippen LogP) is 2.26. The van der Waals surface area contributed by atoms with E-state index in [0.717, 1.165) is 31.7 Å². The average molecular weight is 314 g/mol. The van der Waals surface area contributed by atoms with Gasteiger partial charge in [0, 0.05) is 37.7 Å². The van der Waals surface area contributed by atoms with Gasteiger partial charge in [0.05, 0.1) is 11.3 Å². The van der Waals surface area contributed by atoms with Crippen LogP contribution in [0.4, 0.5) is 15.8 Å². The summed E-state index contributed by atoms with van der Waals surface area (Å²) in [6.45, 7) is 2.59. The minimum Gasteiger partial charge on any atom is -0.384 e. The molecule has 120 valence electrons. The molecule has 1 aliphatic heterocycles. The molecule has 0 bridgehead atoms. The first-order valence-electron chi connectivity index (χ1n) is 7.61. The molecule has 2 heterocycles. The topological polar surface area (TPSA) is 71.2 Å². The summed E-state index contributed by atoms with van der Waals surface area (Å²) < 4.78 is 13.0. The predicted molar refractivity (Wildman–Crippen MR) is 88.0 cm³/mol. The van der Waals surface area contributed by atoms with Crippen molar-refractivity contribution in [2.24, 2.45) is 11.7 Å². The summed E-state index contributed by atoms with van der Waals surface area (Å²) in [5.74, 6) is -0.253. The average Bonchev–Trinajstić information content (AvgIpc) is 3.03. The van der Waals surface area contributed by atoms with Gasteiger partial charge in [-0.2, -0.15) is 0 Å². The van der Waals surface area contributed by atoms with Gasteiger partial charge in [0.2, 0.25) is 0 Å². The van der Waals surface area contributed by atoms with E-state index in [-0.39, 0.29) is 5.82 Å². The van der Waals surface area contributed by atoms with E-state index in [9.17, 15) is 9.18 Å². The molecule has 2 aromatic rings. The molecule has 0 spiro atoms. The largest absolute Gasteiger partial charge is 0.384 e. The number of nitrogens with one attached hydrogen (secondary N) is 1. The lowest BCUT2D eigenvalue weighted by atomic mass is 10.1. The molecule has 23 heavy (non-hydrogen) atoms.